The molecular formula is C17H18FN3O4. The fraction of sp³-hybridized carbons (Fsp3) is 0.412. The van der Waals surface area contributed by atoms with Crippen molar-refractivity contribution in [1.82, 2.24) is 15.5 Å². The number of aromatic nitrogens is 2. The number of carboxylic acids is 1. The van der Waals surface area contributed by atoms with Crippen molar-refractivity contribution in [1.29, 1.82) is 0 Å². The summed E-state index contributed by atoms with van der Waals surface area (Å²) in [6, 6.07) is 4.47. The first-order chi connectivity index (χ1) is 11.9. The van der Waals surface area contributed by atoms with Crippen molar-refractivity contribution in [2.75, 3.05) is 0 Å². The Morgan fingerprint density at radius 1 is 1.40 bits per heavy atom. The van der Waals surface area contributed by atoms with E-state index in [9.17, 15) is 14.0 Å². The number of aliphatic carboxylic acids is 1. The van der Waals surface area contributed by atoms with Gasteiger partial charge in [0.1, 0.15) is 5.82 Å². The number of carbonyl (C=O) groups is 2. The Bertz CT molecular complexity index is 799. The molecule has 7 nitrogen and oxygen atoms in total. The first-order valence-corrected chi connectivity index (χ1v) is 8.03. The highest BCUT2D eigenvalue weighted by Crippen LogP contribution is 2.27. The number of nitrogens with zero attached hydrogens (tertiary/aromatic N) is 2. The molecule has 2 N–H and O–H groups in total. The maximum atomic E-state index is 13.3. The number of halogens is 1. The summed E-state index contributed by atoms with van der Waals surface area (Å²) in [6.07, 6.45) is 1.40. The van der Waals surface area contributed by atoms with Crippen molar-refractivity contribution < 1.29 is 23.6 Å². The van der Waals surface area contributed by atoms with Gasteiger partial charge in [0, 0.05) is 24.4 Å². The third kappa shape index (κ3) is 4.01. The van der Waals surface area contributed by atoms with Gasteiger partial charge in [-0.1, -0.05) is 5.16 Å². The molecule has 1 heterocycles. The van der Waals surface area contributed by atoms with Crippen molar-refractivity contribution in [3.8, 4) is 11.4 Å². The van der Waals surface area contributed by atoms with Crippen molar-refractivity contribution in [3.63, 3.8) is 0 Å². The van der Waals surface area contributed by atoms with Gasteiger partial charge < -0.3 is 14.9 Å². The zero-order chi connectivity index (χ0) is 18.0. The molecule has 1 aliphatic rings. The summed E-state index contributed by atoms with van der Waals surface area (Å²) in [5.41, 5.74) is 1.14. The van der Waals surface area contributed by atoms with Crippen LogP contribution in [0.5, 0.6) is 0 Å². The number of hydrogen-bond acceptors (Lipinski definition) is 5. The SMILES string of the molecule is Cc1cc(-c2noc(CCC(=O)NC3CC(C(=O)O)C3)n2)ccc1F. The smallest absolute Gasteiger partial charge is 0.306 e. The van der Waals surface area contributed by atoms with Crippen molar-refractivity contribution >= 4 is 11.9 Å². The summed E-state index contributed by atoms with van der Waals surface area (Å²) in [7, 11) is 0. The van der Waals surface area contributed by atoms with E-state index in [2.05, 4.69) is 15.5 Å². The van der Waals surface area contributed by atoms with Gasteiger partial charge >= 0.3 is 5.97 Å². The second-order valence-corrected chi connectivity index (χ2v) is 6.25. The fourth-order valence-corrected chi connectivity index (χ4v) is 2.72. The van der Waals surface area contributed by atoms with Gasteiger partial charge in [-0.3, -0.25) is 9.59 Å². The maximum absolute atomic E-state index is 13.3. The topological polar surface area (TPSA) is 105 Å². The van der Waals surface area contributed by atoms with E-state index in [0.29, 0.717) is 35.7 Å². The van der Waals surface area contributed by atoms with Crippen LogP contribution in [0, 0.1) is 18.7 Å². The first-order valence-electron chi connectivity index (χ1n) is 8.03. The molecule has 0 radical (unpaired) electrons. The minimum atomic E-state index is -0.820. The minimum absolute atomic E-state index is 0.0750. The molecule has 1 aromatic heterocycles. The Morgan fingerprint density at radius 3 is 2.84 bits per heavy atom. The standard InChI is InChI=1S/C17H18FN3O4/c1-9-6-10(2-3-13(9)18)16-20-15(25-21-16)5-4-14(22)19-12-7-11(8-12)17(23)24/h2-3,6,11-12H,4-5,7-8H2,1H3,(H,19,22)(H,23,24). The van der Waals surface area contributed by atoms with E-state index in [-0.39, 0.29) is 36.5 Å². The summed E-state index contributed by atoms with van der Waals surface area (Å²) in [6.45, 7) is 1.65. The number of hydrogen-bond donors (Lipinski definition) is 2. The molecule has 0 atom stereocenters. The summed E-state index contributed by atoms with van der Waals surface area (Å²) in [5.74, 6) is -0.981. The van der Waals surface area contributed by atoms with Gasteiger partial charge in [0.2, 0.25) is 17.6 Å². The molecular weight excluding hydrogens is 329 g/mol. The van der Waals surface area contributed by atoms with Crippen LogP contribution in [0.4, 0.5) is 4.39 Å². The Labute approximate surface area is 143 Å². The van der Waals surface area contributed by atoms with Crippen LogP contribution in [0.25, 0.3) is 11.4 Å². The van der Waals surface area contributed by atoms with E-state index in [0.717, 1.165) is 0 Å². The second-order valence-electron chi connectivity index (χ2n) is 6.25. The lowest BCUT2D eigenvalue weighted by Crippen LogP contribution is -2.46. The van der Waals surface area contributed by atoms with Crippen LogP contribution in [0.15, 0.2) is 22.7 Å². The first kappa shape index (κ1) is 17.1. The molecule has 0 unspecified atom stereocenters. The van der Waals surface area contributed by atoms with Crippen LogP contribution in [-0.2, 0) is 16.0 Å². The molecule has 0 spiro atoms. The van der Waals surface area contributed by atoms with Gasteiger partial charge in [0.05, 0.1) is 5.92 Å². The predicted octanol–water partition coefficient (Wildman–Crippen LogP) is 2.10. The number of carbonyl (C=O) groups excluding carboxylic acids is 1. The maximum Gasteiger partial charge on any atom is 0.306 e. The highest BCUT2D eigenvalue weighted by molar-refractivity contribution is 5.77. The molecule has 3 rings (SSSR count). The summed E-state index contributed by atoms with van der Waals surface area (Å²) < 4.78 is 18.4. The van der Waals surface area contributed by atoms with Crippen LogP contribution in [0.2, 0.25) is 0 Å². The molecule has 0 saturated heterocycles. The Morgan fingerprint density at radius 2 is 2.16 bits per heavy atom. The van der Waals surface area contributed by atoms with Crippen LogP contribution < -0.4 is 5.32 Å². The third-order valence-corrected chi connectivity index (χ3v) is 4.30. The summed E-state index contributed by atoms with van der Waals surface area (Å²) in [5, 5.41) is 15.4. The molecule has 1 aromatic carbocycles. The summed E-state index contributed by atoms with van der Waals surface area (Å²) >= 11 is 0. The van der Waals surface area contributed by atoms with E-state index in [4.69, 9.17) is 9.63 Å². The van der Waals surface area contributed by atoms with Gasteiger partial charge in [-0.05, 0) is 43.5 Å². The average molecular weight is 347 g/mol. The predicted molar refractivity (Wildman–Crippen MR) is 85.0 cm³/mol. The Kier molecular flexibility index (Phi) is 4.78. The van der Waals surface area contributed by atoms with E-state index >= 15 is 0 Å². The van der Waals surface area contributed by atoms with Gasteiger partial charge in [0.25, 0.3) is 0 Å². The van der Waals surface area contributed by atoms with Crippen LogP contribution >= 0.6 is 0 Å². The zero-order valence-electron chi connectivity index (χ0n) is 13.7. The Balaban J connectivity index is 1.49. The molecule has 2 aromatic rings. The van der Waals surface area contributed by atoms with Crippen molar-refractivity contribution in [3.05, 3.63) is 35.5 Å². The van der Waals surface area contributed by atoms with E-state index in [1.165, 1.54) is 6.07 Å². The van der Waals surface area contributed by atoms with Gasteiger partial charge in [-0.15, -0.1) is 0 Å². The van der Waals surface area contributed by atoms with Crippen LogP contribution in [-0.4, -0.2) is 33.2 Å². The number of nitrogens with one attached hydrogen (secondary N) is 1. The molecule has 25 heavy (non-hydrogen) atoms. The van der Waals surface area contributed by atoms with Gasteiger partial charge in [0.15, 0.2) is 0 Å². The monoisotopic (exact) mass is 347 g/mol. The summed E-state index contributed by atoms with van der Waals surface area (Å²) in [4.78, 5) is 26.8. The van der Waals surface area contributed by atoms with Crippen LogP contribution in [0.3, 0.4) is 0 Å². The van der Waals surface area contributed by atoms with Crippen LogP contribution in [0.1, 0.15) is 30.7 Å². The third-order valence-electron chi connectivity index (χ3n) is 4.30. The Hall–Kier alpha value is -2.77. The number of benzene rings is 1. The molecule has 132 valence electrons. The van der Waals surface area contributed by atoms with Gasteiger partial charge in [-0.25, -0.2) is 4.39 Å². The lowest BCUT2D eigenvalue weighted by atomic mass is 9.80. The molecule has 8 heteroatoms. The fourth-order valence-electron chi connectivity index (χ4n) is 2.72. The molecule has 0 bridgehead atoms. The molecule has 1 fully saturated rings. The van der Waals surface area contributed by atoms with Gasteiger partial charge in [-0.2, -0.15) is 4.98 Å². The number of aryl methyl sites for hydroxylation is 2. The molecule has 0 aliphatic heterocycles. The van der Waals surface area contributed by atoms with E-state index in [1.807, 2.05) is 0 Å². The van der Waals surface area contributed by atoms with Crippen molar-refractivity contribution in [2.24, 2.45) is 5.92 Å². The highest BCUT2D eigenvalue weighted by atomic mass is 19.1. The lowest BCUT2D eigenvalue weighted by Gasteiger charge is -2.32. The quantitative estimate of drug-likeness (QED) is 0.829. The minimum Gasteiger partial charge on any atom is -0.481 e. The largest absolute Gasteiger partial charge is 0.481 e. The second kappa shape index (κ2) is 7.00. The van der Waals surface area contributed by atoms with E-state index in [1.54, 1.807) is 19.1 Å². The van der Waals surface area contributed by atoms with Crippen molar-refractivity contribution in [2.45, 2.75) is 38.6 Å². The highest BCUT2D eigenvalue weighted by Gasteiger charge is 2.35. The number of carboxylic acid groups (broad SMARTS) is 1. The normalized spacial score (nSPS) is 19.3. The molecule has 1 saturated carbocycles. The zero-order valence-corrected chi connectivity index (χ0v) is 13.7. The number of rotatable bonds is 6. The lowest BCUT2D eigenvalue weighted by molar-refractivity contribution is -0.146. The average Bonchev–Trinajstić information content (AvgIpc) is 2.99. The van der Waals surface area contributed by atoms with E-state index < -0.39 is 5.97 Å². The molecule has 1 amide bonds. The number of amides is 1. The molecule has 1 aliphatic carbocycles.